The highest BCUT2D eigenvalue weighted by Gasteiger charge is 2.25. The molecule has 1 atom stereocenters. The minimum absolute atomic E-state index is 0. The molecule has 41 heavy (non-hydrogen) atoms. The van der Waals surface area contributed by atoms with Gasteiger partial charge in [-0.25, -0.2) is 18.6 Å². The molecule has 7 nitrogen and oxygen atoms in total. The average Bonchev–Trinajstić information content (AvgIpc) is 3.49. The number of benzene rings is 3. The molecule has 6 rings (SSSR count). The van der Waals surface area contributed by atoms with Gasteiger partial charge >= 0.3 is 5.97 Å². The zero-order valence-corrected chi connectivity index (χ0v) is 23.7. The number of rotatable bonds is 9. The van der Waals surface area contributed by atoms with Crippen molar-refractivity contribution in [2.75, 3.05) is 19.7 Å². The predicted molar refractivity (Wildman–Crippen MR) is 157 cm³/mol. The van der Waals surface area contributed by atoms with Crippen LogP contribution in [0.15, 0.2) is 60.7 Å². The number of carboxylic acids is 1. The maximum absolute atomic E-state index is 14.5. The van der Waals surface area contributed by atoms with Gasteiger partial charge in [0.15, 0.2) is 11.6 Å². The van der Waals surface area contributed by atoms with Crippen LogP contribution < -0.4 is 4.74 Å². The van der Waals surface area contributed by atoms with Crippen LogP contribution in [0.25, 0.3) is 16.6 Å². The van der Waals surface area contributed by atoms with Crippen LogP contribution >= 0.6 is 25.1 Å². The summed E-state index contributed by atoms with van der Waals surface area (Å²) in [4.78, 5) is 18.6. The van der Waals surface area contributed by atoms with Gasteiger partial charge in [0, 0.05) is 24.7 Å². The van der Waals surface area contributed by atoms with E-state index >= 15 is 0 Å². The monoisotopic (exact) mass is 599 g/mol. The Morgan fingerprint density at radius 2 is 1.98 bits per heavy atom. The number of nitrogens with zero attached hydrogens (tertiary/aromatic N) is 3. The SMILES string of the molecule is O=C(O)c1ccc2nc(CN3CC=C(c4cc(F)cc(COc5ccc(Cl)cc5F)c4)C3)n(C[C@@H]3CCO3)c2c1.S. The van der Waals surface area contributed by atoms with Crippen LogP contribution in [0.2, 0.25) is 5.02 Å². The molecule has 0 unspecified atom stereocenters. The molecule has 1 fully saturated rings. The highest BCUT2D eigenvalue weighted by molar-refractivity contribution is 7.59. The molecule has 0 bridgehead atoms. The third-order valence-electron chi connectivity index (χ3n) is 7.23. The van der Waals surface area contributed by atoms with Gasteiger partial charge in [-0.05, 0) is 77.7 Å². The Balaban J connectivity index is 0.00000337. The molecule has 0 aliphatic carbocycles. The summed E-state index contributed by atoms with van der Waals surface area (Å²) >= 11 is 5.80. The number of halogens is 3. The van der Waals surface area contributed by atoms with Gasteiger partial charge in [-0.15, -0.1) is 0 Å². The van der Waals surface area contributed by atoms with E-state index in [9.17, 15) is 18.7 Å². The molecule has 1 saturated heterocycles. The van der Waals surface area contributed by atoms with Gasteiger partial charge in [0.05, 0.1) is 35.8 Å². The first-order chi connectivity index (χ1) is 19.3. The lowest BCUT2D eigenvalue weighted by molar-refractivity contribution is -0.0591. The van der Waals surface area contributed by atoms with Gasteiger partial charge in [-0.3, -0.25) is 4.90 Å². The van der Waals surface area contributed by atoms with Crippen LogP contribution in [0, 0.1) is 11.6 Å². The quantitative estimate of drug-likeness (QED) is 0.253. The smallest absolute Gasteiger partial charge is 0.335 e. The number of carboxylic acid groups (broad SMARTS) is 1. The van der Waals surface area contributed by atoms with E-state index in [1.165, 1.54) is 30.3 Å². The van der Waals surface area contributed by atoms with Gasteiger partial charge in [0.25, 0.3) is 0 Å². The van der Waals surface area contributed by atoms with E-state index in [0.29, 0.717) is 31.7 Å². The van der Waals surface area contributed by atoms with Crippen molar-refractivity contribution in [2.45, 2.75) is 32.2 Å². The maximum atomic E-state index is 14.5. The Hall–Kier alpha value is -3.44. The van der Waals surface area contributed by atoms with Gasteiger partial charge in [0.2, 0.25) is 0 Å². The van der Waals surface area contributed by atoms with Crippen LogP contribution in [-0.2, 0) is 24.4 Å². The topological polar surface area (TPSA) is 76.8 Å². The number of ether oxygens (including phenoxy) is 2. The normalized spacial score (nSPS) is 16.8. The molecular weight excluding hydrogens is 572 g/mol. The Bertz CT molecular complexity index is 1640. The summed E-state index contributed by atoms with van der Waals surface area (Å²) in [6.45, 7) is 3.10. The number of hydrogen-bond acceptors (Lipinski definition) is 5. The molecule has 0 spiro atoms. The summed E-state index contributed by atoms with van der Waals surface area (Å²) in [6, 6.07) is 13.8. The molecule has 214 valence electrons. The predicted octanol–water partition coefficient (Wildman–Crippen LogP) is 6.05. The first kappa shape index (κ1) is 29.1. The summed E-state index contributed by atoms with van der Waals surface area (Å²) in [5.74, 6) is -1.09. The fourth-order valence-corrected chi connectivity index (χ4v) is 5.23. The van der Waals surface area contributed by atoms with Crippen molar-refractivity contribution in [3.63, 3.8) is 0 Å². The van der Waals surface area contributed by atoms with Crippen LogP contribution in [0.4, 0.5) is 8.78 Å². The van der Waals surface area contributed by atoms with Crippen molar-refractivity contribution in [2.24, 2.45) is 0 Å². The molecular formula is C30H28ClF2N3O4S. The van der Waals surface area contributed by atoms with Crippen LogP contribution in [-0.4, -0.2) is 51.3 Å². The number of imidazole rings is 1. The second-order valence-corrected chi connectivity index (χ2v) is 10.5. The number of fused-ring (bicyclic) bond motifs is 1. The molecule has 11 heteroatoms. The van der Waals surface area contributed by atoms with E-state index in [2.05, 4.69) is 15.5 Å². The number of carbonyl (C=O) groups is 1. The molecule has 0 saturated carbocycles. The van der Waals surface area contributed by atoms with Crippen molar-refractivity contribution in [1.29, 1.82) is 0 Å². The maximum Gasteiger partial charge on any atom is 0.335 e. The molecule has 2 aliphatic rings. The van der Waals surface area contributed by atoms with Gasteiger partial charge in [-0.1, -0.05) is 17.7 Å². The summed E-state index contributed by atoms with van der Waals surface area (Å²) in [5, 5.41) is 9.75. The lowest BCUT2D eigenvalue weighted by Crippen LogP contribution is -2.32. The van der Waals surface area contributed by atoms with E-state index < -0.39 is 17.6 Å². The highest BCUT2D eigenvalue weighted by Crippen LogP contribution is 2.28. The fourth-order valence-electron chi connectivity index (χ4n) is 5.07. The molecule has 2 aliphatic heterocycles. The third-order valence-corrected chi connectivity index (χ3v) is 7.46. The zero-order valence-electron chi connectivity index (χ0n) is 21.9. The Labute approximate surface area is 247 Å². The summed E-state index contributed by atoms with van der Waals surface area (Å²) < 4.78 is 41.9. The molecule has 3 heterocycles. The second-order valence-electron chi connectivity index (χ2n) is 10.0. The van der Waals surface area contributed by atoms with Crippen molar-refractivity contribution in [3.8, 4) is 5.75 Å². The lowest BCUT2D eigenvalue weighted by atomic mass is 10.0. The van der Waals surface area contributed by atoms with E-state index in [0.717, 1.165) is 41.0 Å². The highest BCUT2D eigenvalue weighted by atomic mass is 35.5. The van der Waals surface area contributed by atoms with E-state index in [-0.39, 0.29) is 42.5 Å². The van der Waals surface area contributed by atoms with E-state index in [1.807, 2.05) is 6.07 Å². The number of aromatic carboxylic acids is 1. The Morgan fingerprint density at radius 1 is 1.15 bits per heavy atom. The summed E-state index contributed by atoms with van der Waals surface area (Å²) in [5.41, 5.74) is 4.00. The van der Waals surface area contributed by atoms with Crippen LogP contribution in [0.5, 0.6) is 5.75 Å². The minimum atomic E-state index is -0.984. The third kappa shape index (κ3) is 6.41. The summed E-state index contributed by atoms with van der Waals surface area (Å²) in [7, 11) is 0. The minimum Gasteiger partial charge on any atom is -0.486 e. The van der Waals surface area contributed by atoms with Gasteiger partial charge in [-0.2, -0.15) is 13.5 Å². The molecule has 0 amide bonds. The van der Waals surface area contributed by atoms with Crippen molar-refractivity contribution in [1.82, 2.24) is 14.5 Å². The largest absolute Gasteiger partial charge is 0.486 e. The van der Waals surface area contributed by atoms with Crippen molar-refractivity contribution >= 4 is 47.7 Å². The first-order valence-electron chi connectivity index (χ1n) is 13.0. The van der Waals surface area contributed by atoms with Crippen LogP contribution in [0.1, 0.15) is 33.7 Å². The van der Waals surface area contributed by atoms with Crippen LogP contribution in [0.3, 0.4) is 0 Å². The fraction of sp³-hybridized carbons (Fsp3) is 0.267. The van der Waals surface area contributed by atoms with E-state index in [4.69, 9.17) is 26.1 Å². The second kappa shape index (κ2) is 12.2. The van der Waals surface area contributed by atoms with Crippen molar-refractivity contribution in [3.05, 3.63) is 99.8 Å². The molecule has 0 radical (unpaired) electrons. The Kier molecular flexibility index (Phi) is 8.65. The van der Waals surface area contributed by atoms with Gasteiger partial charge in [0.1, 0.15) is 18.2 Å². The number of hydrogen-bond donors (Lipinski definition) is 1. The summed E-state index contributed by atoms with van der Waals surface area (Å²) in [6.07, 6.45) is 3.08. The average molecular weight is 600 g/mol. The number of aromatic nitrogens is 2. The zero-order chi connectivity index (χ0) is 27.8. The van der Waals surface area contributed by atoms with Crippen molar-refractivity contribution < 1.29 is 28.2 Å². The first-order valence-corrected chi connectivity index (χ1v) is 13.3. The molecule has 4 aromatic rings. The molecule has 1 aromatic heterocycles. The van der Waals surface area contributed by atoms with Gasteiger partial charge < -0.3 is 19.1 Å². The van der Waals surface area contributed by atoms with E-state index in [1.54, 1.807) is 18.2 Å². The molecule has 1 N–H and O–H groups in total. The lowest BCUT2D eigenvalue weighted by Gasteiger charge is -2.28. The standard InChI is InChI=1S/C30H26ClF2N3O4.H2S/c31-22-2-4-28(25(33)13-22)40-17-18-9-21(11-23(32)10-18)20-5-7-35(14-20)16-29-34-26-3-1-19(30(37)38)12-27(26)36(29)15-24-6-8-39-24;/h1-5,9-13,24H,6-8,14-17H2,(H,37,38);1H2/t24-;/m0./s1. The Morgan fingerprint density at radius 3 is 2.71 bits per heavy atom. The molecule has 3 aromatic carbocycles.